The summed E-state index contributed by atoms with van der Waals surface area (Å²) in [6.07, 6.45) is 5.28. The molecule has 3 aliphatic heterocycles. The zero-order valence-corrected chi connectivity index (χ0v) is 13.9. The van der Waals surface area contributed by atoms with Gasteiger partial charge in [-0.1, -0.05) is 19.8 Å². The van der Waals surface area contributed by atoms with Gasteiger partial charge in [0.1, 0.15) is 11.4 Å². The van der Waals surface area contributed by atoms with Gasteiger partial charge in [-0.3, -0.25) is 9.59 Å². The van der Waals surface area contributed by atoms with Crippen LogP contribution in [0.4, 0.5) is 0 Å². The molecule has 0 spiro atoms. The van der Waals surface area contributed by atoms with Gasteiger partial charge in [0.25, 0.3) is 0 Å². The van der Waals surface area contributed by atoms with Crippen molar-refractivity contribution in [3.05, 3.63) is 23.2 Å². The Hall–Kier alpha value is -1.82. The average Bonchev–Trinajstić information content (AvgIpc) is 3.41. The van der Waals surface area contributed by atoms with E-state index in [0.717, 1.165) is 45.8 Å². The van der Waals surface area contributed by atoms with Crippen LogP contribution in [0.5, 0.6) is 0 Å². The third-order valence-corrected chi connectivity index (χ3v) is 4.30. The lowest BCUT2D eigenvalue weighted by Gasteiger charge is -2.21. The lowest BCUT2D eigenvalue weighted by Crippen LogP contribution is -2.29. The fourth-order valence-corrected chi connectivity index (χ4v) is 2.67. The van der Waals surface area contributed by atoms with E-state index in [1.165, 1.54) is 25.3 Å². The maximum Gasteiger partial charge on any atom is 0.227 e. The summed E-state index contributed by atoms with van der Waals surface area (Å²) >= 11 is 0. The second-order valence-corrected chi connectivity index (χ2v) is 6.38. The fourth-order valence-electron chi connectivity index (χ4n) is 2.67. The van der Waals surface area contributed by atoms with E-state index in [0.29, 0.717) is 17.1 Å². The lowest BCUT2D eigenvalue weighted by molar-refractivity contribution is -0.117. The maximum atomic E-state index is 12.4. The number of carbonyl (C=O) groups is 2. The van der Waals surface area contributed by atoms with Crippen LogP contribution < -0.4 is 5.73 Å². The van der Waals surface area contributed by atoms with Crippen LogP contribution in [0.15, 0.2) is 23.2 Å². The highest BCUT2D eigenvalue weighted by atomic mass is 16.1. The van der Waals surface area contributed by atoms with Crippen molar-refractivity contribution >= 4 is 11.6 Å². The number of carbonyl (C=O) groups excluding carboxylic acids is 2. The predicted molar refractivity (Wildman–Crippen MR) is 88.4 cm³/mol. The molecule has 3 saturated heterocycles. The molecule has 23 heavy (non-hydrogen) atoms. The monoisotopic (exact) mass is 318 g/mol. The Morgan fingerprint density at radius 3 is 1.91 bits per heavy atom. The van der Waals surface area contributed by atoms with Crippen molar-refractivity contribution in [2.45, 2.75) is 26.2 Å². The molecule has 0 radical (unpaired) electrons. The van der Waals surface area contributed by atoms with Gasteiger partial charge in [-0.2, -0.15) is 0 Å². The number of unbranched alkanes of at least 4 members (excludes halogenated alkanes) is 2. The summed E-state index contributed by atoms with van der Waals surface area (Å²) in [6.45, 7) is 8.44. The number of nitrogens with two attached hydrogens (primary N) is 1. The Morgan fingerprint density at radius 2 is 1.48 bits per heavy atom. The summed E-state index contributed by atoms with van der Waals surface area (Å²) in [4.78, 5) is 30.5. The van der Waals surface area contributed by atoms with E-state index in [-0.39, 0.29) is 11.6 Å². The summed E-state index contributed by atoms with van der Waals surface area (Å²) < 4.78 is 0. The Bertz CT molecular complexity index is 551. The molecule has 0 aromatic carbocycles. The second kappa shape index (κ2) is 6.74. The third kappa shape index (κ3) is 3.75. The molecule has 0 aromatic heterocycles. The number of ketones is 2. The number of rotatable bonds is 6. The molecule has 4 rings (SSSR count). The summed E-state index contributed by atoms with van der Waals surface area (Å²) in [5.74, 6) is 0.0485. The van der Waals surface area contributed by atoms with Crippen LogP contribution in [-0.2, 0) is 9.59 Å². The normalized spacial score (nSPS) is 22.0. The molecule has 0 amide bonds. The van der Waals surface area contributed by atoms with Gasteiger partial charge in [0, 0.05) is 45.3 Å². The molecule has 0 saturated carbocycles. The molecule has 0 bridgehead atoms. The largest absolute Gasteiger partial charge is 0.365 e. The minimum atomic E-state index is 0.00546. The van der Waals surface area contributed by atoms with E-state index in [2.05, 4.69) is 6.92 Å². The second-order valence-electron chi connectivity index (χ2n) is 6.38. The quantitative estimate of drug-likeness (QED) is 0.432. The van der Waals surface area contributed by atoms with E-state index in [1.54, 1.807) is 0 Å². The molecule has 0 atom stereocenters. The topological polar surface area (TPSA) is 69.2 Å². The molecule has 1 aliphatic carbocycles. The van der Waals surface area contributed by atoms with E-state index in [9.17, 15) is 9.59 Å². The molecule has 0 aromatic rings. The number of nitrogens with zero attached hydrogens (tertiary/aromatic N) is 3. The van der Waals surface area contributed by atoms with E-state index >= 15 is 0 Å². The first-order valence-corrected chi connectivity index (χ1v) is 8.67. The van der Waals surface area contributed by atoms with Crippen molar-refractivity contribution in [1.29, 1.82) is 0 Å². The first-order valence-electron chi connectivity index (χ1n) is 8.67. The van der Waals surface area contributed by atoms with E-state index < -0.39 is 0 Å². The van der Waals surface area contributed by atoms with Crippen LogP contribution >= 0.6 is 0 Å². The van der Waals surface area contributed by atoms with Crippen molar-refractivity contribution in [3.63, 3.8) is 0 Å². The molecular formula is C17H26N4O2. The van der Waals surface area contributed by atoms with Gasteiger partial charge >= 0.3 is 0 Å². The van der Waals surface area contributed by atoms with Crippen LogP contribution in [-0.4, -0.2) is 72.1 Å². The van der Waals surface area contributed by atoms with Crippen LogP contribution in [0.2, 0.25) is 0 Å². The van der Waals surface area contributed by atoms with Crippen molar-refractivity contribution in [3.8, 4) is 0 Å². The van der Waals surface area contributed by atoms with Crippen LogP contribution in [0, 0.1) is 0 Å². The van der Waals surface area contributed by atoms with Crippen LogP contribution in [0.25, 0.3) is 0 Å². The van der Waals surface area contributed by atoms with Crippen molar-refractivity contribution < 1.29 is 9.59 Å². The van der Waals surface area contributed by atoms with E-state index in [4.69, 9.17) is 5.73 Å². The first-order chi connectivity index (χ1) is 11.2. The Kier molecular flexibility index (Phi) is 4.71. The molecule has 6 heteroatoms. The highest BCUT2D eigenvalue weighted by Crippen LogP contribution is 2.33. The molecule has 3 fully saturated rings. The molecule has 3 heterocycles. The van der Waals surface area contributed by atoms with Crippen molar-refractivity contribution in [1.82, 2.24) is 14.7 Å². The highest BCUT2D eigenvalue weighted by Gasteiger charge is 2.43. The van der Waals surface area contributed by atoms with Gasteiger partial charge in [-0.25, -0.2) is 0 Å². The lowest BCUT2D eigenvalue weighted by atomic mass is 10.0. The number of allylic oxidation sites excluding steroid dienone is 1. The Morgan fingerprint density at radius 1 is 0.913 bits per heavy atom. The molecule has 6 nitrogen and oxygen atoms in total. The molecular weight excluding hydrogens is 292 g/mol. The number of hydrogen-bond acceptors (Lipinski definition) is 6. The minimum absolute atomic E-state index is 0.00546. The first kappa shape index (κ1) is 16.1. The molecule has 4 aliphatic rings. The summed E-state index contributed by atoms with van der Waals surface area (Å²) in [7, 11) is 0. The number of hydrogen-bond donors (Lipinski definition) is 1. The number of Topliss-reactive ketones (excluding diaryl/α,β-unsaturated/α-hetero) is 1. The molecule has 0 unspecified atom stereocenters. The SMILES string of the molecule is CCCCCN.O=C1C=C(N2CC2)C(=O)C(N2CC2)=C1N1CC1. The average molecular weight is 318 g/mol. The third-order valence-electron chi connectivity index (χ3n) is 4.30. The zero-order chi connectivity index (χ0) is 16.4. The Balaban J connectivity index is 0.000000227. The van der Waals surface area contributed by atoms with Gasteiger partial charge in [-0.15, -0.1) is 0 Å². The smallest absolute Gasteiger partial charge is 0.227 e. The van der Waals surface area contributed by atoms with Gasteiger partial charge < -0.3 is 20.4 Å². The zero-order valence-electron chi connectivity index (χ0n) is 13.9. The minimum Gasteiger partial charge on any atom is -0.365 e. The summed E-state index contributed by atoms with van der Waals surface area (Å²) in [5.41, 5.74) is 7.10. The van der Waals surface area contributed by atoms with Gasteiger partial charge in [0.15, 0.2) is 0 Å². The summed E-state index contributed by atoms with van der Waals surface area (Å²) in [5, 5.41) is 0. The maximum absolute atomic E-state index is 12.4. The molecule has 2 N–H and O–H groups in total. The van der Waals surface area contributed by atoms with Crippen LogP contribution in [0.3, 0.4) is 0 Å². The standard InChI is InChI=1S/C12H13N3O2.C5H13N/c16-9-7-8(13-1-2-13)12(17)11(15-5-6-15)10(9)14-3-4-14;1-2-3-4-5-6/h7H,1-6H2;2-6H2,1H3. The predicted octanol–water partition coefficient (Wildman–Crippen LogP) is 0.316. The van der Waals surface area contributed by atoms with Crippen LogP contribution in [0.1, 0.15) is 26.2 Å². The Labute approximate surface area is 137 Å². The van der Waals surface area contributed by atoms with E-state index in [1.807, 2.05) is 14.7 Å². The van der Waals surface area contributed by atoms with Gasteiger partial charge in [-0.05, 0) is 13.0 Å². The highest BCUT2D eigenvalue weighted by molar-refractivity contribution is 6.22. The van der Waals surface area contributed by atoms with Crippen molar-refractivity contribution in [2.75, 3.05) is 45.8 Å². The fraction of sp³-hybridized carbons (Fsp3) is 0.647. The van der Waals surface area contributed by atoms with Gasteiger partial charge in [0.2, 0.25) is 11.6 Å². The summed E-state index contributed by atoms with van der Waals surface area (Å²) in [6, 6.07) is 0. The molecule has 126 valence electrons. The van der Waals surface area contributed by atoms with Gasteiger partial charge in [0.05, 0.1) is 5.70 Å². The van der Waals surface area contributed by atoms with Crippen molar-refractivity contribution in [2.24, 2.45) is 5.73 Å².